The van der Waals surface area contributed by atoms with Crippen molar-refractivity contribution in [3.8, 4) is 0 Å². The second-order valence-electron chi connectivity index (χ2n) is 11.3. The number of aliphatic hydroxyl groups is 2. The van der Waals surface area contributed by atoms with Crippen molar-refractivity contribution < 1.29 is 23.2 Å². The molecule has 0 saturated carbocycles. The maximum Gasteiger partial charge on any atom is 0.261 e. The van der Waals surface area contributed by atoms with Crippen LogP contribution in [0.5, 0.6) is 0 Å². The number of nitrogens with zero attached hydrogens (tertiary/aromatic N) is 2. The summed E-state index contributed by atoms with van der Waals surface area (Å²) in [7, 11) is -3.67. The smallest absolute Gasteiger partial charge is 0.261 e. The number of hydrogen-bond donors (Lipinski definition) is 3. The predicted octanol–water partition coefficient (Wildman–Crippen LogP) is 4.61. The van der Waals surface area contributed by atoms with Gasteiger partial charge in [0.2, 0.25) is 0 Å². The Morgan fingerprint density at radius 2 is 0.786 bits per heavy atom. The number of rotatable bonds is 6. The normalized spacial score (nSPS) is 20.6. The molecule has 8 heteroatoms. The van der Waals surface area contributed by atoms with Gasteiger partial charge in [0.1, 0.15) is 0 Å². The topological polar surface area (TPSA) is 101 Å². The third-order valence-electron chi connectivity index (χ3n) is 8.21. The van der Waals surface area contributed by atoms with Gasteiger partial charge >= 0.3 is 0 Å². The van der Waals surface area contributed by atoms with Crippen molar-refractivity contribution in [1.29, 1.82) is 0 Å². The molecule has 2 saturated heterocycles. The Morgan fingerprint density at radius 1 is 0.571 bits per heavy atom. The number of likely N-dealkylation sites (tertiary alicyclic amines) is 2. The molecule has 220 valence electrons. The fourth-order valence-electron chi connectivity index (χ4n) is 6.46. The van der Waals surface area contributed by atoms with Crippen LogP contribution >= 0.6 is 0 Å². The second-order valence-corrected chi connectivity index (χ2v) is 12.7. The van der Waals surface area contributed by atoms with Gasteiger partial charge in [-0.2, -0.15) is 8.42 Å². The number of fused-ring (bicyclic) bond motifs is 2. The van der Waals surface area contributed by atoms with E-state index in [1.54, 1.807) is 0 Å². The van der Waals surface area contributed by atoms with Crippen molar-refractivity contribution in [2.75, 3.05) is 32.4 Å². The van der Waals surface area contributed by atoms with Gasteiger partial charge in [0.15, 0.2) is 5.79 Å². The fourth-order valence-corrected chi connectivity index (χ4v) is 6.46. The largest absolute Gasteiger partial charge is 0.365 e. The Kier molecular flexibility index (Phi) is 9.22. The van der Waals surface area contributed by atoms with Crippen LogP contribution in [0, 0.1) is 11.8 Å². The Morgan fingerprint density at radius 3 is 1.00 bits per heavy atom. The summed E-state index contributed by atoms with van der Waals surface area (Å²) < 4.78 is 25.9. The summed E-state index contributed by atoms with van der Waals surface area (Å²) in [6.45, 7) is 2.46. The zero-order valence-electron chi connectivity index (χ0n) is 23.6. The highest BCUT2D eigenvalue weighted by molar-refractivity contribution is 7.85. The van der Waals surface area contributed by atoms with Gasteiger partial charge < -0.3 is 10.2 Å². The minimum absolute atomic E-state index is 0.0779. The minimum Gasteiger partial charge on any atom is -0.365 e. The van der Waals surface area contributed by atoms with Crippen molar-refractivity contribution in [2.24, 2.45) is 11.8 Å². The van der Waals surface area contributed by atoms with Gasteiger partial charge in [-0.25, -0.2) is 0 Å². The molecule has 2 aliphatic rings. The summed E-state index contributed by atoms with van der Waals surface area (Å²) in [5.74, 6) is -2.25. The van der Waals surface area contributed by atoms with E-state index in [2.05, 4.69) is 107 Å². The van der Waals surface area contributed by atoms with E-state index in [1.807, 2.05) is 24.3 Å². The molecular formula is C34H38N2O5S. The van der Waals surface area contributed by atoms with Gasteiger partial charge in [0, 0.05) is 38.0 Å². The molecule has 0 aliphatic carbocycles. The van der Waals surface area contributed by atoms with E-state index in [0.717, 1.165) is 0 Å². The van der Waals surface area contributed by atoms with Gasteiger partial charge in [-0.05, 0) is 22.3 Å². The van der Waals surface area contributed by atoms with E-state index in [0.29, 0.717) is 32.4 Å². The molecule has 0 amide bonds. The van der Waals surface area contributed by atoms with E-state index in [9.17, 15) is 18.6 Å². The molecule has 3 N–H and O–H groups in total. The SMILES string of the molecule is CS(=O)(=O)O.OC1(O)C2CN(C(c3ccccc3)c3ccccc3)CC1CN(C(c1ccccc1)c1ccccc1)C2. The Bertz CT molecular complexity index is 1320. The van der Waals surface area contributed by atoms with Gasteiger partial charge in [-0.15, -0.1) is 0 Å². The molecule has 4 aromatic carbocycles. The molecule has 2 fully saturated rings. The monoisotopic (exact) mass is 586 g/mol. The lowest BCUT2D eigenvalue weighted by Gasteiger charge is -2.56. The second kappa shape index (κ2) is 12.9. The lowest BCUT2D eigenvalue weighted by Crippen LogP contribution is -2.67. The standard InChI is InChI=1S/C33H34N2O2.CH4O3S/c36-33(37)29-21-34(31(25-13-5-1-6-14-25)26-15-7-2-8-16-26)22-30(33)24-35(23-29)32(27-17-9-3-10-18-27)28-19-11-4-12-20-28;1-5(2,3)4/h1-20,29-32,36-37H,21-24H2;1H3,(H,2,3,4). The molecule has 0 spiro atoms. The average molecular weight is 587 g/mol. The highest BCUT2D eigenvalue weighted by Gasteiger charge is 2.53. The number of piperidine rings is 2. The van der Waals surface area contributed by atoms with Crippen LogP contribution in [-0.4, -0.2) is 71.2 Å². The van der Waals surface area contributed by atoms with Crippen LogP contribution in [0.25, 0.3) is 0 Å². The van der Waals surface area contributed by atoms with Crippen LogP contribution in [0.15, 0.2) is 121 Å². The van der Waals surface area contributed by atoms with E-state index in [4.69, 9.17) is 4.55 Å². The van der Waals surface area contributed by atoms with E-state index in [-0.39, 0.29) is 23.9 Å². The van der Waals surface area contributed by atoms with Crippen LogP contribution < -0.4 is 0 Å². The summed E-state index contributed by atoms with van der Waals surface area (Å²) in [5, 5.41) is 22.7. The maximum atomic E-state index is 11.3. The van der Waals surface area contributed by atoms with Crippen molar-refractivity contribution >= 4 is 10.1 Å². The Hall–Kier alpha value is -3.37. The average Bonchev–Trinajstić information content (AvgIpc) is 2.96. The molecule has 2 aliphatic heterocycles. The van der Waals surface area contributed by atoms with E-state index in [1.165, 1.54) is 22.3 Å². The highest BCUT2D eigenvalue weighted by Crippen LogP contribution is 2.44. The van der Waals surface area contributed by atoms with Crippen LogP contribution in [0.3, 0.4) is 0 Å². The molecular weight excluding hydrogens is 548 g/mol. The first-order chi connectivity index (χ1) is 20.1. The highest BCUT2D eigenvalue weighted by atomic mass is 32.2. The number of benzene rings is 4. The third-order valence-corrected chi connectivity index (χ3v) is 8.21. The molecule has 0 aromatic heterocycles. The van der Waals surface area contributed by atoms with Crippen molar-refractivity contribution in [3.05, 3.63) is 144 Å². The molecule has 6 rings (SSSR count). The molecule has 42 heavy (non-hydrogen) atoms. The molecule has 2 bridgehead atoms. The summed E-state index contributed by atoms with van der Waals surface area (Å²) in [6.07, 6.45) is 0.715. The molecule has 4 aromatic rings. The third kappa shape index (κ3) is 7.15. The fraction of sp³-hybridized carbons (Fsp3) is 0.294. The van der Waals surface area contributed by atoms with Gasteiger partial charge in [0.05, 0.1) is 18.3 Å². The maximum absolute atomic E-state index is 11.3. The molecule has 0 atom stereocenters. The van der Waals surface area contributed by atoms with Gasteiger partial charge in [0.25, 0.3) is 10.1 Å². The van der Waals surface area contributed by atoms with Crippen molar-refractivity contribution in [3.63, 3.8) is 0 Å². The van der Waals surface area contributed by atoms with Crippen LogP contribution in [0.1, 0.15) is 34.3 Å². The van der Waals surface area contributed by atoms with E-state index >= 15 is 0 Å². The molecule has 0 unspecified atom stereocenters. The Labute approximate surface area is 248 Å². The quantitative estimate of drug-likeness (QED) is 0.224. The summed E-state index contributed by atoms with van der Waals surface area (Å²) >= 11 is 0. The summed E-state index contributed by atoms with van der Waals surface area (Å²) in [5.41, 5.74) is 4.94. The van der Waals surface area contributed by atoms with E-state index < -0.39 is 15.9 Å². The first-order valence-electron chi connectivity index (χ1n) is 14.2. The van der Waals surface area contributed by atoms with Crippen molar-refractivity contribution in [2.45, 2.75) is 17.9 Å². The lowest BCUT2D eigenvalue weighted by molar-refractivity contribution is -0.286. The zero-order valence-corrected chi connectivity index (χ0v) is 24.5. The lowest BCUT2D eigenvalue weighted by atomic mass is 9.76. The van der Waals surface area contributed by atoms with Crippen LogP contribution in [0.2, 0.25) is 0 Å². The van der Waals surface area contributed by atoms with Gasteiger partial charge in [-0.1, -0.05) is 121 Å². The number of hydrogen-bond acceptors (Lipinski definition) is 6. The summed E-state index contributed by atoms with van der Waals surface area (Å²) in [4.78, 5) is 4.92. The van der Waals surface area contributed by atoms with Gasteiger partial charge in [-0.3, -0.25) is 14.4 Å². The van der Waals surface area contributed by atoms with Crippen molar-refractivity contribution in [1.82, 2.24) is 9.80 Å². The predicted molar refractivity (Wildman–Crippen MR) is 164 cm³/mol. The summed E-state index contributed by atoms with van der Waals surface area (Å²) in [6, 6.07) is 42.5. The van der Waals surface area contributed by atoms with Crippen LogP contribution in [0.4, 0.5) is 0 Å². The Balaban J connectivity index is 0.000000652. The first-order valence-corrected chi connectivity index (χ1v) is 16.0. The molecule has 2 heterocycles. The minimum atomic E-state index is -3.67. The zero-order chi connectivity index (χ0) is 29.7. The molecule has 7 nitrogen and oxygen atoms in total. The van der Waals surface area contributed by atoms with Crippen LogP contribution in [-0.2, 0) is 10.1 Å². The molecule has 0 radical (unpaired) electrons. The first kappa shape index (κ1) is 30.1.